The molecule has 1 heterocycles. The van der Waals surface area contributed by atoms with Gasteiger partial charge in [0.1, 0.15) is 0 Å². The molecule has 0 fully saturated rings. The third kappa shape index (κ3) is 1.80. The number of hydrogen-bond acceptors (Lipinski definition) is 4. The Bertz CT molecular complexity index is 267. The van der Waals surface area contributed by atoms with E-state index in [-0.39, 0.29) is 0 Å². The first-order valence-electron chi connectivity index (χ1n) is 3.18. The van der Waals surface area contributed by atoms with E-state index >= 15 is 0 Å². The molecule has 0 bridgehead atoms. The summed E-state index contributed by atoms with van der Waals surface area (Å²) in [6.45, 7) is 0. The summed E-state index contributed by atoms with van der Waals surface area (Å²) in [4.78, 5) is 16.4. The number of nitrogens with one attached hydrogen (secondary N) is 1. The number of H-pyrrole nitrogens is 1. The van der Waals surface area contributed by atoms with Crippen molar-refractivity contribution in [3.63, 3.8) is 0 Å². The second-order valence-corrected chi connectivity index (χ2v) is 2.38. The van der Waals surface area contributed by atoms with Crippen molar-refractivity contribution < 1.29 is 20.1 Å². The van der Waals surface area contributed by atoms with Gasteiger partial charge in [0.25, 0.3) is 5.79 Å². The zero-order valence-electron chi connectivity index (χ0n) is 6.06. The van der Waals surface area contributed by atoms with Gasteiger partial charge in [-0.05, 0) is 0 Å². The van der Waals surface area contributed by atoms with Crippen LogP contribution < -0.4 is 0 Å². The minimum absolute atomic E-state index is 0.349. The number of aromatic nitrogens is 2. The topological polar surface area (TPSA) is 106 Å². The normalized spacial score (nSPS) is 11.5. The van der Waals surface area contributed by atoms with Crippen molar-refractivity contribution in [2.75, 3.05) is 0 Å². The fourth-order valence-corrected chi connectivity index (χ4v) is 0.723. The van der Waals surface area contributed by atoms with Crippen molar-refractivity contribution in [1.82, 2.24) is 9.97 Å². The summed E-state index contributed by atoms with van der Waals surface area (Å²) in [6.07, 6.45) is 2.24. The van der Waals surface area contributed by atoms with E-state index in [1.807, 2.05) is 0 Å². The fraction of sp³-hybridized carbons (Fsp3) is 0.333. The monoisotopic (exact) mass is 172 g/mol. The first-order chi connectivity index (χ1) is 5.52. The van der Waals surface area contributed by atoms with E-state index in [4.69, 9.17) is 15.3 Å². The van der Waals surface area contributed by atoms with Crippen molar-refractivity contribution in [3.05, 3.63) is 18.2 Å². The number of aromatic amines is 1. The molecule has 0 atom stereocenters. The van der Waals surface area contributed by atoms with E-state index < -0.39 is 18.2 Å². The van der Waals surface area contributed by atoms with Crippen molar-refractivity contribution in [3.8, 4) is 0 Å². The minimum atomic E-state index is -2.73. The molecule has 0 radical (unpaired) electrons. The third-order valence-corrected chi connectivity index (χ3v) is 1.33. The SMILES string of the molecule is O=C(O)C(O)(O)Cc1cnc[nH]1. The highest BCUT2D eigenvalue weighted by atomic mass is 16.5. The average Bonchev–Trinajstić information content (AvgIpc) is 2.38. The number of carboxylic acids is 1. The van der Waals surface area contributed by atoms with Crippen molar-refractivity contribution in [1.29, 1.82) is 0 Å². The second kappa shape index (κ2) is 2.92. The second-order valence-electron chi connectivity index (χ2n) is 2.38. The van der Waals surface area contributed by atoms with Crippen LogP contribution in [0.15, 0.2) is 12.5 Å². The summed E-state index contributed by atoms with van der Waals surface area (Å²) in [5.41, 5.74) is 0.349. The van der Waals surface area contributed by atoms with Crippen LogP contribution in [0.25, 0.3) is 0 Å². The van der Waals surface area contributed by atoms with E-state index in [0.29, 0.717) is 5.69 Å². The van der Waals surface area contributed by atoms with Crippen LogP contribution in [-0.4, -0.2) is 37.0 Å². The van der Waals surface area contributed by atoms with Crippen LogP contribution in [0.2, 0.25) is 0 Å². The van der Waals surface area contributed by atoms with Gasteiger partial charge < -0.3 is 20.3 Å². The molecule has 6 nitrogen and oxygen atoms in total. The lowest BCUT2D eigenvalue weighted by molar-refractivity contribution is -0.203. The van der Waals surface area contributed by atoms with E-state index in [2.05, 4.69) is 9.97 Å². The molecule has 12 heavy (non-hydrogen) atoms. The Morgan fingerprint density at radius 3 is 2.75 bits per heavy atom. The first-order valence-corrected chi connectivity index (χ1v) is 3.18. The molecule has 6 heteroatoms. The zero-order chi connectivity index (χ0) is 9.19. The van der Waals surface area contributed by atoms with Crippen molar-refractivity contribution in [2.24, 2.45) is 0 Å². The maximum Gasteiger partial charge on any atom is 0.364 e. The Labute approximate surface area is 67.5 Å². The third-order valence-electron chi connectivity index (χ3n) is 1.33. The smallest absolute Gasteiger partial charge is 0.364 e. The van der Waals surface area contributed by atoms with Gasteiger partial charge >= 0.3 is 5.97 Å². The van der Waals surface area contributed by atoms with Crippen LogP contribution in [0.5, 0.6) is 0 Å². The number of rotatable bonds is 3. The Morgan fingerprint density at radius 2 is 2.33 bits per heavy atom. The Kier molecular flexibility index (Phi) is 2.11. The predicted molar refractivity (Wildman–Crippen MR) is 37.1 cm³/mol. The van der Waals surface area contributed by atoms with Crippen molar-refractivity contribution >= 4 is 5.97 Å². The number of nitrogens with zero attached hydrogens (tertiary/aromatic N) is 1. The number of hydrogen-bond donors (Lipinski definition) is 4. The fourth-order valence-electron chi connectivity index (χ4n) is 0.723. The number of aliphatic carboxylic acids is 1. The zero-order valence-corrected chi connectivity index (χ0v) is 6.06. The van der Waals surface area contributed by atoms with E-state index in [1.54, 1.807) is 0 Å². The van der Waals surface area contributed by atoms with Crippen LogP contribution >= 0.6 is 0 Å². The molecule has 1 rings (SSSR count). The quantitative estimate of drug-likeness (QED) is 0.425. The minimum Gasteiger partial charge on any atom is -0.477 e. The summed E-state index contributed by atoms with van der Waals surface area (Å²) in [7, 11) is 0. The maximum atomic E-state index is 10.2. The molecule has 0 aliphatic rings. The first kappa shape index (κ1) is 8.69. The van der Waals surface area contributed by atoms with Crippen LogP contribution in [0.3, 0.4) is 0 Å². The lowest BCUT2D eigenvalue weighted by atomic mass is 10.1. The van der Waals surface area contributed by atoms with Gasteiger partial charge in [-0.3, -0.25) is 0 Å². The van der Waals surface area contributed by atoms with Gasteiger partial charge in [0.15, 0.2) is 0 Å². The van der Waals surface area contributed by atoms with Crippen molar-refractivity contribution in [2.45, 2.75) is 12.2 Å². The Hall–Kier alpha value is -1.40. The van der Waals surface area contributed by atoms with Crippen LogP contribution in [0.4, 0.5) is 0 Å². The van der Waals surface area contributed by atoms with Crippen LogP contribution in [0.1, 0.15) is 5.69 Å². The molecule has 0 aromatic carbocycles. The molecular weight excluding hydrogens is 164 g/mol. The molecule has 1 aromatic heterocycles. The molecule has 0 spiro atoms. The Balaban J connectivity index is 2.69. The van der Waals surface area contributed by atoms with Gasteiger partial charge in [0.2, 0.25) is 0 Å². The lowest BCUT2D eigenvalue weighted by Crippen LogP contribution is -2.40. The highest BCUT2D eigenvalue weighted by molar-refractivity contribution is 5.75. The summed E-state index contributed by atoms with van der Waals surface area (Å²) < 4.78 is 0. The maximum absolute atomic E-state index is 10.2. The van der Waals surface area contributed by atoms with E-state index in [1.165, 1.54) is 12.5 Å². The molecule has 4 N–H and O–H groups in total. The van der Waals surface area contributed by atoms with Gasteiger partial charge in [-0.2, -0.15) is 0 Å². The summed E-state index contributed by atoms with van der Waals surface area (Å²) >= 11 is 0. The molecule has 0 saturated carbocycles. The molecule has 1 aromatic rings. The van der Waals surface area contributed by atoms with Crippen LogP contribution in [-0.2, 0) is 11.2 Å². The molecule has 0 aliphatic carbocycles. The standard InChI is InChI=1S/C6H8N2O4/c9-5(10)6(11,12)1-4-2-7-3-8-4/h2-3,11-12H,1H2,(H,7,8)(H,9,10). The molecule has 0 amide bonds. The average molecular weight is 172 g/mol. The van der Waals surface area contributed by atoms with Crippen LogP contribution in [0, 0.1) is 0 Å². The molecule has 0 saturated heterocycles. The van der Waals surface area contributed by atoms with E-state index in [9.17, 15) is 4.79 Å². The van der Waals surface area contributed by atoms with Gasteiger partial charge in [0, 0.05) is 11.9 Å². The number of carbonyl (C=O) groups is 1. The number of aliphatic hydroxyl groups is 2. The largest absolute Gasteiger partial charge is 0.477 e. The summed E-state index contributed by atoms with van der Waals surface area (Å²) in [5.74, 6) is -4.41. The predicted octanol–water partition coefficient (Wildman–Crippen LogP) is -1.28. The highest BCUT2D eigenvalue weighted by Gasteiger charge is 2.33. The number of carboxylic acid groups (broad SMARTS) is 1. The summed E-state index contributed by atoms with van der Waals surface area (Å²) in [5, 5.41) is 26.0. The van der Waals surface area contributed by atoms with Gasteiger partial charge in [0.05, 0.1) is 12.7 Å². The Morgan fingerprint density at radius 1 is 1.67 bits per heavy atom. The molecule has 0 aliphatic heterocycles. The summed E-state index contributed by atoms with van der Waals surface area (Å²) in [6, 6.07) is 0. The highest BCUT2D eigenvalue weighted by Crippen LogP contribution is 2.07. The molecule has 66 valence electrons. The van der Waals surface area contributed by atoms with E-state index in [0.717, 1.165) is 0 Å². The van der Waals surface area contributed by atoms with Gasteiger partial charge in [-0.1, -0.05) is 0 Å². The van der Waals surface area contributed by atoms with Gasteiger partial charge in [-0.25, -0.2) is 9.78 Å². The molecule has 0 unspecified atom stereocenters. The molecular formula is C6H8N2O4. The number of imidazole rings is 1. The van der Waals surface area contributed by atoms with Gasteiger partial charge in [-0.15, -0.1) is 0 Å². The lowest BCUT2D eigenvalue weighted by Gasteiger charge is -2.14.